The Labute approximate surface area is 128 Å². The lowest BCUT2D eigenvalue weighted by Gasteiger charge is -2.22. The molecule has 0 aliphatic carbocycles. The number of aromatic amines is 1. The van der Waals surface area contributed by atoms with Crippen molar-refractivity contribution in [3.8, 4) is 5.75 Å². The number of benzene rings is 1. The van der Waals surface area contributed by atoms with Gasteiger partial charge in [0.2, 0.25) is 11.8 Å². The summed E-state index contributed by atoms with van der Waals surface area (Å²) in [7, 11) is 1.61. The van der Waals surface area contributed by atoms with Crippen molar-refractivity contribution in [1.82, 2.24) is 9.88 Å². The number of likely N-dealkylation sites (tertiary alicyclic amines) is 1. The summed E-state index contributed by atoms with van der Waals surface area (Å²) in [5.74, 6) is 0.258. The number of amides is 2. The standard InChI is InChI=1S/C16H19N3O3/c1-22-11-4-5-13-12(8-11)10(9-18-13)7-15(20)19-6-2-3-14(19)16(17)21/h4-5,8-9,14,18H,2-3,6-7H2,1H3,(H2,17,21). The van der Waals surface area contributed by atoms with Crippen molar-refractivity contribution >= 4 is 22.7 Å². The first kappa shape index (κ1) is 14.4. The van der Waals surface area contributed by atoms with Gasteiger partial charge in [0.15, 0.2) is 0 Å². The number of nitrogens with two attached hydrogens (primary N) is 1. The summed E-state index contributed by atoms with van der Waals surface area (Å²) in [4.78, 5) is 28.7. The van der Waals surface area contributed by atoms with Gasteiger partial charge in [-0.25, -0.2) is 0 Å². The summed E-state index contributed by atoms with van der Waals surface area (Å²) in [5.41, 5.74) is 7.22. The van der Waals surface area contributed by atoms with E-state index in [1.165, 1.54) is 0 Å². The van der Waals surface area contributed by atoms with Crippen LogP contribution in [-0.4, -0.2) is 41.4 Å². The Bertz CT molecular complexity index is 722. The van der Waals surface area contributed by atoms with Crippen LogP contribution in [0.25, 0.3) is 10.9 Å². The highest BCUT2D eigenvalue weighted by atomic mass is 16.5. The molecule has 22 heavy (non-hydrogen) atoms. The van der Waals surface area contributed by atoms with E-state index in [2.05, 4.69) is 4.98 Å². The van der Waals surface area contributed by atoms with Crippen LogP contribution in [0, 0.1) is 0 Å². The fourth-order valence-corrected chi connectivity index (χ4v) is 3.06. The van der Waals surface area contributed by atoms with Crippen molar-refractivity contribution in [3.63, 3.8) is 0 Å². The highest BCUT2D eigenvalue weighted by molar-refractivity contribution is 5.92. The van der Waals surface area contributed by atoms with E-state index in [1.54, 1.807) is 12.0 Å². The Balaban J connectivity index is 1.83. The minimum atomic E-state index is -0.466. The number of H-pyrrole nitrogens is 1. The van der Waals surface area contributed by atoms with Crippen LogP contribution in [0.3, 0.4) is 0 Å². The first-order valence-corrected chi connectivity index (χ1v) is 7.33. The second kappa shape index (κ2) is 5.71. The van der Waals surface area contributed by atoms with Crippen molar-refractivity contribution in [2.75, 3.05) is 13.7 Å². The smallest absolute Gasteiger partial charge is 0.240 e. The van der Waals surface area contributed by atoms with Crippen LogP contribution in [0.15, 0.2) is 24.4 Å². The normalized spacial score (nSPS) is 17.9. The number of fused-ring (bicyclic) bond motifs is 1. The van der Waals surface area contributed by atoms with E-state index in [0.29, 0.717) is 13.0 Å². The maximum absolute atomic E-state index is 12.5. The Morgan fingerprint density at radius 1 is 1.45 bits per heavy atom. The largest absolute Gasteiger partial charge is 0.497 e. The first-order valence-electron chi connectivity index (χ1n) is 7.33. The highest BCUT2D eigenvalue weighted by Gasteiger charge is 2.32. The van der Waals surface area contributed by atoms with E-state index >= 15 is 0 Å². The van der Waals surface area contributed by atoms with Crippen LogP contribution in [0.2, 0.25) is 0 Å². The molecule has 1 aliphatic rings. The molecule has 1 unspecified atom stereocenters. The minimum Gasteiger partial charge on any atom is -0.497 e. The zero-order valence-corrected chi connectivity index (χ0v) is 12.5. The molecule has 0 spiro atoms. The predicted octanol–water partition coefficient (Wildman–Crippen LogP) is 1.20. The number of nitrogens with one attached hydrogen (secondary N) is 1. The molecule has 1 aliphatic heterocycles. The van der Waals surface area contributed by atoms with Crippen LogP contribution in [0.1, 0.15) is 18.4 Å². The molecule has 1 fully saturated rings. The van der Waals surface area contributed by atoms with E-state index in [9.17, 15) is 9.59 Å². The zero-order valence-electron chi connectivity index (χ0n) is 12.5. The molecule has 6 nitrogen and oxygen atoms in total. The molecule has 3 N–H and O–H groups in total. The SMILES string of the molecule is COc1ccc2[nH]cc(CC(=O)N3CCCC3C(N)=O)c2c1. The average molecular weight is 301 g/mol. The Morgan fingerprint density at radius 2 is 2.27 bits per heavy atom. The molecule has 6 heteroatoms. The van der Waals surface area contributed by atoms with Gasteiger partial charge in [0.1, 0.15) is 11.8 Å². The lowest BCUT2D eigenvalue weighted by Crippen LogP contribution is -2.44. The number of hydrogen-bond donors (Lipinski definition) is 2. The molecule has 0 radical (unpaired) electrons. The first-order chi connectivity index (χ1) is 10.6. The monoisotopic (exact) mass is 301 g/mol. The Hall–Kier alpha value is -2.50. The van der Waals surface area contributed by atoms with Crippen LogP contribution in [-0.2, 0) is 16.0 Å². The third kappa shape index (κ3) is 2.52. The third-order valence-corrected chi connectivity index (χ3v) is 4.22. The van der Waals surface area contributed by atoms with Crippen molar-refractivity contribution in [3.05, 3.63) is 30.0 Å². The van der Waals surface area contributed by atoms with Gasteiger partial charge < -0.3 is 20.4 Å². The lowest BCUT2D eigenvalue weighted by molar-refractivity contribution is -0.136. The molecule has 116 valence electrons. The highest BCUT2D eigenvalue weighted by Crippen LogP contribution is 2.25. The fourth-order valence-electron chi connectivity index (χ4n) is 3.06. The average Bonchev–Trinajstić information content (AvgIpc) is 3.14. The van der Waals surface area contributed by atoms with Crippen molar-refractivity contribution in [1.29, 1.82) is 0 Å². The van der Waals surface area contributed by atoms with Gasteiger partial charge in [-0.1, -0.05) is 0 Å². The van der Waals surface area contributed by atoms with Crippen LogP contribution in [0.5, 0.6) is 5.75 Å². The fraction of sp³-hybridized carbons (Fsp3) is 0.375. The molecule has 1 saturated heterocycles. The summed E-state index contributed by atoms with van der Waals surface area (Å²) >= 11 is 0. The van der Waals surface area contributed by atoms with Crippen molar-refractivity contribution in [2.45, 2.75) is 25.3 Å². The summed E-state index contributed by atoms with van der Waals surface area (Å²) < 4.78 is 5.23. The number of aromatic nitrogens is 1. The quantitative estimate of drug-likeness (QED) is 0.889. The van der Waals surface area contributed by atoms with E-state index in [1.807, 2.05) is 24.4 Å². The lowest BCUT2D eigenvalue weighted by atomic mass is 10.1. The van der Waals surface area contributed by atoms with Crippen molar-refractivity contribution in [2.24, 2.45) is 5.73 Å². The van der Waals surface area contributed by atoms with Crippen LogP contribution >= 0.6 is 0 Å². The van der Waals surface area contributed by atoms with Crippen molar-refractivity contribution < 1.29 is 14.3 Å². The van der Waals surface area contributed by atoms with E-state index in [0.717, 1.165) is 28.6 Å². The Kier molecular flexibility index (Phi) is 3.75. The number of carbonyl (C=O) groups is 2. The third-order valence-electron chi connectivity index (χ3n) is 4.22. The van der Waals surface area contributed by atoms with Gasteiger partial charge in [-0.05, 0) is 36.6 Å². The molecule has 0 saturated carbocycles. The summed E-state index contributed by atoms with van der Waals surface area (Å²) in [6.45, 7) is 0.595. The molecule has 3 rings (SSSR count). The summed E-state index contributed by atoms with van der Waals surface area (Å²) in [6, 6.07) is 5.23. The van der Waals surface area contributed by atoms with Gasteiger partial charge in [0.25, 0.3) is 0 Å². The molecule has 2 aromatic rings. The van der Waals surface area contributed by atoms with Crippen LogP contribution < -0.4 is 10.5 Å². The number of ether oxygens (including phenoxy) is 1. The second-order valence-electron chi connectivity index (χ2n) is 5.55. The zero-order chi connectivity index (χ0) is 15.7. The molecule has 2 heterocycles. The van der Waals surface area contributed by atoms with E-state index < -0.39 is 11.9 Å². The molecular formula is C16H19N3O3. The summed E-state index contributed by atoms with van der Waals surface area (Å²) in [6.07, 6.45) is 3.55. The second-order valence-corrected chi connectivity index (χ2v) is 5.55. The number of carbonyl (C=O) groups excluding carboxylic acids is 2. The van der Waals surface area contributed by atoms with E-state index in [4.69, 9.17) is 10.5 Å². The maximum Gasteiger partial charge on any atom is 0.240 e. The summed E-state index contributed by atoms with van der Waals surface area (Å²) in [5, 5.41) is 0.961. The molecule has 0 bridgehead atoms. The maximum atomic E-state index is 12.5. The number of nitrogens with zero attached hydrogens (tertiary/aromatic N) is 1. The van der Waals surface area contributed by atoms with Crippen LogP contribution in [0.4, 0.5) is 0 Å². The molecule has 1 aromatic carbocycles. The number of rotatable bonds is 4. The molecule has 1 aromatic heterocycles. The predicted molar refractivity (Wildman–Crippen MR) is 82.5 cm³/mol. The number of methoxy groups -OCH3 is 1. The Morgan fingerprint density at radius 3 is 3.00 bits per heavy atom. The minimum absolute atomic E-state index is 0.0648. The molecule has 2 amide bonds. The number of primary amides is 1. The van der Waals surface area contributed by atoms with Gasteiger partial charge in [-0.3, -0.25) is 9.59 Å². The van der Waals surface area contributed by atoms with Gasteiger partial charge in [-0.15, -0.1) is 0 Å². The van der Waals surface area contributed by atoms with Gasteiger partial charge in [0, 0.05) is 23.6 Å². The van der Waals surface area contributed by atoms with E-state index in [-0.39, 0.29) is 12.3 Å². The van der Waals surface area contributed by atoms with Gasteiger partial charge in [0.05, 0.1) is 13.5 Å². The van der Waals surface area contributed by atoms with Gasteiger partial charge >= 0.3 is 0 Å². The molecule has 1 atom stereocenters. The van der Waals surface area contributed by atoms with Gasteiger partial charge in [-0.2, -0.15) is 0 Å². The topological polar surface area (TPSA) is 88.4 Å². The number of hydrogen-bond acceptors (Lipinski definition) is 3. The molecular weight excluding hydrogens is 282 g/mol.